The van der Waals surface area contributed by atoms with Crippen LogP contribution in [0.4, 0.5) is 0 Å². The van der Waals surface area contributed by atoms with Gasteiger partial charge in [-0.25, -0.2) is 4.79 Å². The molecule has 2 N–H and O–H groups in total. The summed E-state index contributed by atoms with van der Waals surface area (Å²) in [6, 6.07) is 3.39. The van der Waals surface area contributed by atoms with Gasteiger partial charge in [0.2, 0.25) is 0 Å². The number of hydrogen-bond donors (Lipinski definition) is 2. The maximum atomic E-state index is 10.9. The average Bonchev–Trinajstić information content (AvgIpc) is 2.64. The van der Waals surface area contributed by atoms with Crippen LogP contribution in [0, 0.1) is 0 Å². The summed E-state index contributed by atoms with van der Waals surface area (Å²) >= 11 is 5.99. The molecule has 0 unspecified atom stereocenters. The smallest absolute Gasteiger partial charge is 0.353 e. The molecule has 1 aliphatic rings. The van der Waals surface area contributed by atoms with Crippen LogP contribution < -0.4 is 9.47 Å². The largest absolute Gasteiger partial charge is 0.486 e. The van der Waals surface area contributed by atoms with E-state index in [9.17, 15) is 4.79 Å². The molecule has 1 aromatic carbocycles. The van der Waals surface area contributed by atoms with Crippen molar-refractivity contribution in [1.82, 2.24) is 4.98 Å². The van der Waals surface area contributed by atoms with Gasteiger partial charge in [0.15, 0.2) is 11.5 Å². The number of aromatic amines is 1. The van der Waals surface area contributed by atoms with Crippen LogP contribution in [0.5, 0.6) is 11.5 Å². The first-order valence-electron chi connectivity index (χ1n) is 5.01. The van der Waals surface area contributed by atoms with E-state index in [0.29, 0.717) is 35.6 Å². The number of rotatable bonds is 1. The average molecular weight is 254 g/mol. The number of ether oxygens (including phenoxy) is 2. The van der Waals surface area contributed by atoms with Gasteiger partial charge < -0.3 is 19.6 Å². The minimum atomic E-state index is -1.09. The first-order valence-corrected chi connectivity index (χ1v) is 5.38. The molecule has 0 saturated heterocycles. The molecule has 3 rings (SSSR count). The molecule has 1 aliphatic heterocycles. The number of carbonyl (C=O) groups is 1. The monoisotopic (exact) mass is 253 g/mol. The second-order valence-electron chi connectivity index (χ2n) is 3.66. The molecule has 2 heterocycles. The predicted molar refractivity (Wildman–Crippen MR) is 61.3 cm³/mol. The summed E-state index contributed by atoms with van der Waals surface area (Å²) in [6.45, 7) is 0.963. The van der Waals surface area contributed by atoms with Crippen molar-refractivity contribution >= 4 is 28.5 Å². The van der Waals surface area contributed by atoms with Gasteiger partial charge >= 0.3 is 5.97 Å². The molecule has 0 aliphatic carbocycles. The van der Waals surface area contributed by atoms with E-state index in [1.165, 1.54) is 0 Å². The third kappa shape index (κ3) is 1.51. The molecule has 1 aromatic heterocycles. The Hall–Kier alpha value is -1.88. The fraction of sp³-hybridized carbons (Fsp3) is 0.182. The number of nitrogens with one attached hydrogen (secondary N) is 1. The third-order valence-electron chi connectivity index (χ3n) is 2.61. The Morgan fingerprint density at radius 2 is 1.94 bits per heavy atom. The van der Waals surface area contributed by atoms with E-state index in [2.05, 4.69) is 4.98 Å². The topological polar surface area (TPSA) is 71.5 Å². The Morgan fingerprint density at radius 1 is 1.29 bits per heavy atom. The Morgan fingerprint density at radius 3 is 2.59 bits per heavy atom. The molecule has 0 saturated carbocycles. The summed E-state index contributed by atoms with van der Waals surface area (Å²) in [6.07, 6.45) is 0. The van der Waals surface area contributed by atoms with Crippen molar-refractivity contribution in [3.63, 3.8) is 0 Å². The molecule has 0 spiro atoms. The maximum Gasteiger partial charge on any atom is 0.353 e. The van der Waals surface area contributed by atoms with Crippen molar-refractivity contribution < 1.29 is 19.4 Å². The SMILES string of the molecule is O=C(O)c1[nH]c2cc3c(cc2c1Cl)OCCO3. The van der Waals surface area contributed by atoms with Gasteiger partial charge in [0.1, 0.15) is 18.9 Å². The molecule has 2 aromatic rings. The van der Waals surface area contributed by atoms with Gasteiger partial charge in [-0.05, 0) is 6.07 Å². The fourth-order valence-corrected chi connectivity index (χ4v) is 2.13. The van der Waals surface area contributed by atoms with Crippen molar-refractivity contribution in [2.75, 3.05) is 13.2 Å². The maximum absolute atomic E-state index is 10.9. The number of halogens is 1. The van der Waals surface area contributed by atoms with Crippen LogP contribution in [0.25, 0.3) is 10.9 Å². The van der Waals surface area contributed by atoms with Crippen molar-refractivity contribution in [2.24, 2.45) is 0 Å². The highest BCUT2D eigenvalue weighted by Gasteiger charge is 2.19. The van der Waals surface area contributed by atoms with Crippen LogP contribution in [0.2, 0.25) is 5.02 Å². The molecule has 0 atom stereocenters. The minimum absolute atomic E-state index is 0.0241. The van der Waals surface area contributed by atoms with Gasteiger partial charge in [-0.3, -0.25) is 0 Å². The van der Waals surface area contributed by atoms with E-state index in [1.54, 1.807) is 12.1 Å². The number of carboxylic acid groups (broad SMARTS) is 1. The van der Waals surface area contributed by atoms with Gasteiger partial charge in [-0.15, -0.1) is 0 Å². The zero-order valence-electron chi connectivity index (χ0n) is 8.62. The second-order valence-corrected chi connectivity index (χ2v) is 4.04. The summed E-state index contributed by atoms with van der Waals surface area (Å²) in [5.74, 6) is 0.0891. The first-order chi connectivity index (χ1) is 8.16. The number of aromatic carboxylic acids is 1. The van der Waals surface area contributed by atoms with Crippen LogP contribution in [0.15, 0.2) is 12.1 Å². The molecule has 5 nitrogen and oxygen atoms in total. The molecule has 0 radical (unpaired) electrons. The quantitative estimate of drug-likeness (QED) is 0.818. The van der Waals surface area contributed by atoms with E-state index < -0.39 is 5.97 Å². The van der Waals surface area contributed by atoms with Crippen molar-refractivity contribution in [1.29, 1.82) is 0 Å². The zero-order chi connectivity index (χ0) is 12.0. The van der Waals surface area contributed by atoms with Gasteiger partial charge in [0, 0.05) is 11.5 Å². The first kappa shape index (κ1) is 10.3. The van der Waals surface area contributed by atoms with E-state index >= 15 is 0 Å². The lowest BCUT2D eigenvalue weighted by Crippen LogP contribution is -2.15. The standard InChI is InChI=1S/C11H8ClNO4/c12-9-5-3-7-8(17-2-1-16-7)4-6(5)13-10(9)11(14)15/h3-4,13H,1-2H2,(H,14,15). The van der Waals surface area contributed by atoms with E-state index in [1.807, 2.05) is 0 Å². The van der Waals surface area contributed by atoms with Crippen molar-refractivity contribution in [3.05, 3.63) is 22.8 Å². The Bertz CT molecular complexity index is 619. The molecular formula is C11H8ClNO4. The predicted octanol–water partition coefficient (Wildman–Crippen LogP) is 2.29. The number of hydrogen-bond acceptors (Lipinski definition) is 3. The zero-order valence-corrected chi connectivity index (χ0v) is 9.37. The van der Waals surface area contributed by atoms with Gasteiger partial charge in [0.25, 0.3) is 0 Å². The third-order valence-corrected chi connectivity index (χ3v) is 3.00. The summed E-state index contributed by atoms with van der Waals surface area (Å²) < 4.78 is 10.8. The molecule has 0 amide bonds. The van der Waals surface area contributed by atoms with Crippen LogP contribution in [0.3, 0.4) is 0 Å². The summed E-state index contributed by atoms with van der Waals surface area (Å²) in [5, 5.41) is 9.76. The molecular weight excluding hydrogens is 246 g/mol. The van der Waals surface area contributed by atoms with Crippen LogP contribution in [-0.2, 0) is 0 Å². The number of carboxylic acids is 1. The lowest BCUT2D eigenvalue weighted by Gasteiger charge is -2.18. The minimum Gasteiger partial charge on any atom is -0.486 e. The summed E-state index contributed by atoms with van der Waals surface area (Å²) in [4.78, 5) is 13.7. The summed E-state index contributed by atoms with van der Waals surface area (Å²) in [7, 11) is 0. The number of fused-ring (bicyclic) bond motifs is 2. The molecule has 6 heteroatoms. The van der Waals surface area contributed by atoms with Gasteiger partial charge in [-0.1, -0.05) is 11.6 Å². The highest BCUT2D eigenvalue weighted by molar-refractivity contribution is 6.38. The number of aromatic nitrogens is 1. The number of H-pyrrole nitrogens is 1. The molecule has 17 heavy (non-hydrogen) atoms. The number of benzene rings is 1. The van der Waals surface area contributed by atoms with E-state index in [-0.39, 0.29) is 10.7 Å². The highest BCUT2D eigenvalue weighted by atomic mass is 35.5. The Kier molecular flexibility index (Phi) is 2.16. The van der Waals surface area contributed by atoms with E-state index in [0.717, 1.165) is 0 Å². The normalized spacial score (nSPS) is 13.9. The Balaban J connectivity index is 2.27. The van der Waals surface area contributed by atoms with Gasteiger partial charge in [0.05, 0.1) is 10.5 Å². The highest BCUT2D eigenvalue weighted by Crippen LogP contribution is 2.38. The lowest BCUT2D eigenvalue weighted by molar-refractivity contribution is 0.0691. The van der Waals surface area contributed by atoms with Crippen LogP contribution in [0.1, 0.15) is 10.5 Å². The molecule has 88 valence electrons. The van der Waals surface area contributed by atoms with Gasteiger partial charge in [-0.2, -0.15) is 0 Å². The van der Waals surface area contributed by atoms with Crippen molar-refractivity contribution in [3.8, 4) is 11.5 Å². The fourth-order valence-electron chi connectivity index (χ4n) is 1.85. The Labute approximate surface area is 101 Å². The van der Waals surface area contributed by atoms with Crippen LogP contribution in [-0.4, -0.2) is 29.3 Å². The second kappa shape index (κ2) is 3.56. The molecule has 0 bridgehead atoms. The summed E-state index contributed by atoms with van der Waals surface area (Å²) in [5.41, 5.74) is 0.598. The van der Waals surface area contributed by atoms with Crippen molar-refractivity contribution in [2.45, 2.75) is 0 Å². The lowest BCUT2D eigenvalue weighted by atomic mass is 10.2. The van der Waals surface area contributed by atoms with Crippen LogP contribution >= 0.6 is 11.6 Å². The molecule has 0 fully saturated rings. The van der Waals surface area contributed by atoms with E-state index in [4.69, 9.17) is 26.2 Å².